The molecule has 22 heavy (non-hydrogen) atoms. The molecule has 4 nitrogen and oxygen atoms in total. The summed E-state index contributed by atoms with van der Waals surface area (Å²) in [4.78, 5) is 15.7. The van der Waals surface area contributed by atoms with Crippen LogP contribution in [0.25, 0.3) is 6.08 Å². The Morgan fingerprint density at radius 2 is 2.18 bits per heavy atom. The molecule has 0 saturated carbocycles. The van der Waals surface area contributed by atoms with E-state index in [4.69, 9.17) is 23.2 Å². The maximum Gasteiger partial charge on any atom is 0.244 e. The summed E-state index contributed by atoms with van der Waals surface area (Å²) in [5, 5.41) is 13.5. The Kier molecular flexibility index (Phi) is 5.95. The molecule has 0 aliphatic rings. The molecular weight excluding hydrogens is 323 g/mol. The van der Waals surface area contributed by atoms with Crippen molar-refractivity contribution < 1.29 is 9.90 Å². The van der Waals surface area contributed by atoms with Crippen LogP contribution in [0, 0.1) is 0 Å². The van der Waals surface area contributed by atoms with Gasteiger partial charge in [-0.25, -0.2) is 0 Å². The highest BCUT2D eigenvalue weighted by Crippen LogP contribution is 2.25. The molecule has 1 aromatic carbocycles. The number of hydrogen-bond acceptors (Lipinski definition) is 3. The third-order valence-electron chi connectivity index (χ3n) is 2.90. The highest BCUT2D eigenvalue weighted by molar-refractivity contribution is 6.35. The van der Waals surface area contributed by atoms with Gasteiger partial charge in [0.05, 0.1) is 6.10 Å². The minimum atomic E-state index is -0.902. The number of pyridine rings is 1. The molecule has 1 unspecified atom stereocenters. The lowest BCUT2D eigenvalue weighted by Crippen LogP contribution is -2.26. The van der Waals surface area contributed by atoms with Crippen LogP contribution in [0.3, 0.4) is 0 Å². The van der Waals surface area contributed by atoms with E-state index in [1.165, 1.54) is 6.08 Å². The van der Waals surface area contributed by atoms with Gasteiger partial charge in [-0.15, -0.1) is 0 Å². The summed E-state index contributed by atoms with van der Waals surface area (Å²) >= 11 is 11.8. The van der Waals surface area contributed by atoms with E-state index < -0.39 is 6.10 Å². The summed E-state index contributed by atoms with van der Waals surface area (Å²) < 4.78 is 0. The van der Waals surface area contributed by atoms with Gasteiger partial charge < -0.3 is 10.4 Å². The smallest absolute Gasteiger partial charge is 0.244 e. The van der Waals surface area contributed by atoms with Crippen molar-refractivity contribution in [1.29, 1.82) is 0 Å². The highest BCUT2D eigenvalue weighted by Gasteiger charge is 2.12. The Labute approximate surface area is 138 Å². The van der Waals surface area contributed by atoms with Crippen molar-refractivity contribution in [3.63, 3.8) is 0 Å². The zero-order valence-electron chi connectivity index (χ0n) is 11.5. The predicted octanol–water partition coefficient (Wildman–Crippen LogP) is 3.25. The minimum absolute atomic E-state index is 0.0531. The molecular formula is C16H14Cl2N2O2. The van der Waals surface area contributed by atoms with E-state index in [2.05, 4.69) is 10.3 Å². The van der Waals surface area contributed by atoms with Gasteiger partial charge in [0.25, 0.3) is 0 Å². The Balaban J connectivity index is 1.89. The van der Waals surface area contributed by atoms with E-state index in [9.17, 15) is 9.90 Å². The summed E-state index contributed by atoms with van der Waals surface area (Å²) in [6.07, 6.45) is 5.42. The van der Waals surface area contributed by atoms with Gasteiger partial charge in [-0.1, -0.05) is 35.3 Å². The molecule has 1 aromatic heterocycles. The van der Waals surface area contributed by atoms with E-state index >= 15 is 0 Å². The van der Waals surface area contributed by atoms with E-state index in [1.807, 2.05) is 6.07 Å². The molecule has 0 saturated heterocycles. The molecule has 6 heteroatoms. The van der Waals surface area contributed by atoms with Crippen LogP contribution >= 0.6 is 23.2 Å². The van der Waals surface area contributed by atoms with Crippen molar-refractivity contribution in [1.82, 2.24) is 10.3 Å². The predicted molar refractivity (Wildman–Crippen MR) is 87.7 cm³/mol. The Morgan fingerprint density at radius 1 is 1.36 bits per heavy atom. The van der Waals surface area contributed by atoms with Crippen LogP contribution in [0.5, 0.6) is 0 Å². The number of carbonyl (C=O) groups is 1. The normalized spacial score (nSPS) is 12.3. The summed E-state index contributed by atoms with van der Waals surface area (Å²) in [5.41, 5.74) is 1.33. The van der Waals surface area contributed by atoms with Crippen LogP contribution in [0.15, 0.2) is 48.8 Å². The van der Waals surface area contributed by atoms with Crippen molar-refractivity contribution >= 4 is 35.2 Å². The lowest BCUT2D eigenvalue weighted by Gasteiger charge is -2.13. The van der Waals surface area contributed by atoms with Crippen molar-refractivity contribution in [2.75, 3.05) is 6.54 Å². The van der Waals surface area contributed by atoms with Crippen LogP contribution in [0.2, 0.25) is 10.0 Å². The molecule has 1 amide bonds. The summed E-state index contributed by atoms with van der Waals surface area (Å²) in [7, 11) is 0. The average molecular weight is 337 g/mol. The second-order valence-corrected chi connectivity index (χ2v) is 5.39. The quantitative estimate of drug-likeness (QED) is 0.824. The van der Waals surface area contributed by atoms with Gasteiger partial charge in [0.15, 0.2) is 0 Å². The topological polar surface area (TPSA) is 62.2 Å². The fraction of sp³-hybridized carbons (Fsp3) is 0.125. The van der Waals surface area contributed by atoms with Crippen molar-refractivity contribution in [3.8, 4) is 0 Å². The van der Waals surface area contributed by atoms with Gasteiger partial charge in [0.1, 0.15) is 0 Å². The number of nitrogens with one attached hydrogen (secondary N) is 1. The zero-order valence-corrected chi connectivity index (χ0v) is 13.1. The summed E-state index contributed by atoms with van der Waals surface area (Å²) in [6, 6.07) is 8.43. The first kappa shape index (κ1) is 16.5. The number of aliphatic hydroxyl groups is 1. The fourth-order valence-corrected chi connectivity index (χ4v) is 2.32. The number of rotatable bonds is 5. The van der Waals surface area contributed by atoms with Gasteiger partial charge in [0.2, 0.25) is 5.91 Å². The lowest BCUT2D eigenvalue weighted by atomic mass is 10.1. The first-order valence-electron chi connectivity index (χ1n) is 6.55. The van der Waals surface area contributed by atoms with E-state index in [0.29, 0.717) is 15.6 Å². The van der Waals surface area contributed by atoms with E-state index in [1.54, 1.807) is 42.7 Å². The molecule has 2 N–H and O–H groups in total. The summed E-state index contributed by atoms with van der Waals surface area (Å²) in [6.45, 7) is 0.0531. The number of benzene rings is 1. The molecule has 0 bridgehead atoms. The number of nitrogens with zero attached hydrogens (tertiary/aromatic N) is 1. The fourth-order valence-electron chi connectivity index (χ4n) is 1.78. The second kappa shape index (κ2) is 7.94. The van der Waals surface area contributed by atoms with Gasteiger partial charge in [-0.3, -0.25) is 9.78 Å². The SMILES string of the molecule is O=C(/C=C/c1cccnc1)NCC(O)c1ccc(Cl)cc1Cl. The average Bonchev–Trinajstić information content (AvgIpc) is 2.51. The van der Waals surface area contributed by atoms with Crippen LogP contribution in [0.1, 0.15) is 17.2 Å². The standard InChI is InChI=1S/C16H14Cl2N2O2/c17-12-4-5-13(14(18)8-12)15(21)10-20-16(22)6-3-11-2-1-7-19-9-11/h1-9,15,21H,10H2,(H,20,22)/b6-3+. The van der Waals surface area contributed by atoms with Crippen LogP contribution < -0.4 is 5.32 Å². The number of carbonyl (C=O) groups excluding carboxylic acids is 1. The number of halogens is 2. The third kappa shape index (κ3) is 4.84. The van der Waals surface area contributed by atoms with Crippen LogP contribution in [-0.2, 0) is 4.79 Å². The second-order valence-electron chi connectivity index (χ2n) is 4.55. The minimum Gasteiger partial charge on any atom is -0.387 e. The van der Waals surface area contributed by atoms with Gasteiger partial charge in [0, 0.05) is 40.6 Å². The first-order chi connectivity index (χ1) is 10.6. The number of amides is 1. The van der Waals surface area contributed by atoms with Crippen molar-refractivity contribution in [2.24, 2.45) is 0 Å². The van der Waals surface area contributed by atoms with Crippen LogP contribution in [-0.4, -0.2) is 22.5 Å². The monoisotopic (exact) mass is 336 g/mol. The van der Waals surface area contributed by atoms with Gasteiger partial charge in [-0.2, -0.15) is 0 Å². The molecule has 0 radical (unpaired) electrons. The molecule has 0 spiro atoms. The molecule has 0 aliphatic carbocycles. The molecule has 0 aliphatic heterocycles. The lowest BCUT2D eigenvalue weighted by molar-refractivity contribution is -0.116. The largest absolute Gasteiger partial charge is 0.387 e. The highest BCUT2D eigenvalue weighted by atomic mass is 35.5. The van der Waals surface area contributed by atoms with E-state index in [0.717, 1.165) is 5.56 Å². The van der Waals surface area contributed by atoms with Crippen molar-refractivity contribution in [3.05, 3.63) is 70.0 Å². The first-order valence-corrected chi connectivity index (χ1v) is 7.31. The molecule has 2 aromatic rings. The van der Waals surface area contributed by atoms with E-state index in [-0.39, 0.29) is 12.5 Å². The number of aliphatic hydroxyl groups excluding tert-OH is 1. The third-order valence-corrected chi connectivity index (χ3v) is 3.47. The number of hydrogen-bond donors (Lipinski definition) is 2. The van der Waals surface area contributed by atoms with Crippen molar-refractivity contribution in [2.45, 2.75) is 6.10 Å². The molecule has 1 atom stereocenters. The Bertz CT molecular complexity index is 675. The Hall–Kier alpha value is -1.88. The van der Waals surface area contributed by atoms with Crippen LogP contribution in [0.4, 0.5) is 0 Å². The van der Waals surface area contributed by atoms with Gasteiger partial charge >= 0.3 is 0 Å². The molecule has 2 rings (SSSR count). The maximum absolute atomic E-state index is 11.7. The maximum atomic E-state index is 11.7. The van der Waals surface area contributed by atoms with Gasteiger partial charge in [-0.05, 0) is 29.8 Å². The zero-order chi connectivity index (χ0) is 15.9. The Morgan fingerprint density at radius 3 is 2.86 bits per heavy atom. The summed E-state index contributed by atoms with van der Waals surface area (Å²) in [5.74, 6) is -0.312. The number of aromatic nitrogens is 1. The molecule has 114 valence electrons. The molecule has 0 fully saturated rings. The molecule has 1 heterocycles.